The number of hydrogen-bond donors (Lipinski definition) is 0. The number of fused-ring (bicyclic) bond motifs is 4. The van der Waals surface area contributed by atoms with Crippen LogP contribution in [0.25, 0.3) is 0 Å². The van der Waals surface area contributed by atoms with Crippen molar-refractivity contribution in [3.8, 4) is 0 Å². The summed E-state index contributed by atoms with van der Waals surface area (Å²) in [6.45, 7) is 0. The van der Waals surface area contributed by atoms with E-state index in [1.165, 1.54) is 43.2 Å². The second kappa shape index (κ2) is 3.00. The van der Waals surface area contributed by atoms with Crippen LogP contribution in [0, 0.1) is 5.92 Å². The van der Waals surface area contributed by atoms with Gasteiger partial charge in [-0.1, -0.05) is 30.7 Å². The fourth-order valence-electron chi connectivity index (χ4n) is 3.20. The fourth-order valence-corrected chi connectivity index (χ4v) is 3.73. The summed E-state index contributed by atoms with van der Waals surface area (Å²) in [5.41, 5.74) is 2.91. The zero-order valence-corrected chi connectivity index (χ0v) is 9.06. The lowest BCUT2D eigenvalue weighted by molar-refractivity contribution is 0.269. The fraction of sp³-hybridized carbons (Fsp3) is 0.538. The molecule has 0 aliphatic heterocycles. The summed E-state index contributed by atoms with van der Waals surface area (Å²) in [4.78, 5) is -0.0161. The summed E-state index contributed by atoms with van der Waals surface area (Å²) in [5, 5.41) is 0. The molecule has 0 heterocycles. The lowest BCUT2D eigenvalue weighted by Gasteiger charge is -2.42. The average Bonchev–Trinajstić information content (AvgIpc) is 2.17. The lowest BCUT2D eigenvalue weighted by atomic mass is 9.69. The molecule has 3 rings (SSSR count). The van der Waals surface area contributed by atoms with Crippen LogP contribution in [0.1, 0.15) is 36.8 Å². The van der Waals surface area contributed by atoms with E-state index in [0.29, 0.717) is 0 Å². The van der Waals surface area contributed by atoms with E-state index in [1.54, 1.807) is 0 Å². The second-order valence-electron chi connectivity index (χ2n) is 4.79. The molecule has 0 amide bonds. The normalized spacial score (nSPS) is 35.1. The molecule has 1 aromatic carbocycles. The summed E-state index contributed by atoms with van der Waals surface area (Å²) >= 11 is 6.74. The summed E-state index contributed by atoms with van der Waals surface area (Å²) in [7, 11) is 0. The first-order chi connectivity index (χ1) is 6.78. The number of benzene rings is 1. The zero-order valence-electron chi connectivity index (χ0n) is 8.30. The molecule has 2 aliphatic carbocycles. The molecule has 0 saturated heterocycles. The van der Waals surface area contributed by atoms with Crippen LogP contribution in [-0.2, 0) is 11.3 Å². The van der Waals surface area contributed by atoms with Crippen molar-refractivity contribution in [2.75, 3.05) is 0 Å². The molecular formula is C13H15Cl. The van der Waals surface area contributed by atoms with Gasteiger partial charge in [-0.2, -0.15) is 0 Å². The number of hydrogen-bond acceptors (Lipinski definition) is 0. The third-order valence-electron chi connectivity index (χ3n) is 3.81. The third-order valence-corrected chi connectivity index (χ3v) is 4.35. The minimum atomic E-state index is -0.0161. The predicted octanol–water partition coefficient (Wildman–Crippen LogP) is 3.87. The standard InChI is InChI=1S/C13H15Cl/c14-13-7-3-4-10(9-13)8-11-5-1-2-6-12(11)13/h1-2,5-6,10H,3-4,7-9H2/t10-,13+/m1/s1. The van der Waals surface area contributed by atoms with Crippen LogP contribution in [0.15, 0.2) is 24.3 Å². The Hall–Kier alpha value is -0.490. The quantitative estimate of drug-likeness (QED) is 0.566. The van der Waals surface area contributed by atoms with Gasteiger partial charge in [0.15, 0.2) is 0 Å². The van der Waals surface area contributed by atoms with Crippen molar-refractivity contribution in [3.05, 3.63) is 35.4 Å². The minimum Gasteiger partial charge on any atom is -0.114 e. The van der Waals surface area contributed by atoms with Gasteiger partial charge < -0.3 is 0 Å². The second-order valence-corrected chi connectivity index (χ2v) is 5.51. The highest BCUT2D eigenvalue weighted by atomic mass is 35.5. The van der Waals surface area contributed by atoms with Gasteiger partial charge in [-0.15, -0.1) is 11.6 Å². The molecule has 0 spiro atoms. The van der Waals surface area contributed by atoms with Gasteiger partial charge in [-0.25, -0.2) is 0 Å². The highest BCUT2D eigenvalue weighted by molar-refractivity contribution is 6.24. The molecule has 0 unspecified atom stereocenters. The third kappa shape index (κ3) is 1.20. The molecule has 0 nitrogen and oxygen atoms in total. The van der Waals surface area contributed by atoms with Gasteiger partial charge >= 0.3 is 0 Å². The Morgan fingerprint density at radius 2 is 2.14 bits per heavy atom. The highest BCUT2D eigenvalue weighted by Gasteiger charge is 2.40. The van der Waals surface area contributed by atoms with E-state index in [1.807, 2.05) is 0 Å². The number of halogens is 1. The molecule has 14 heavy (non-hydrogen) atoms. The Morgan fingerprint density at radius 3 is 3.07 bits per heavy atom. The van der Waals surface area contributed by atoms with Crippen LogP contribution >= 0.6 is 11.6 Å². The van der Waals surface area contributed by atoms with Crippen molar-refractivity contribution >= 4 is 11.6 Å². The van der Waals surface area contributed by atoms with E-state index in [2.05, 4.69) is 24.3 Å². The van der Waals surface area contributed by atoms with Gasteiger partial charge in [0.2, 0.25) is 0 Å². The molecule has 1 aromatic rings. The number of alkyl halides is 1. The molecular weight excluding hydrogens is 192 g/mol. The summed E-state index contributed by atoms with van der Waals surface area (Å²) in [6, 6.07) is 8.74. The van der Waals surface area contributed by atoms with Gasteiger partial charge in [0.25, 0.3) is 0 Å². The van der Waals surface area contributed by atoms with Crippen LogP contribution in [0.5, 0.6) is 0 Å². The molecule has 0 aromatic heterocycles. The molecule has 1 fully saturated rings. The van der Waals surface area contributed by atoms with Crippen molar-refractivity contribution in [2.45, 2.75) is 37.0 Å². The Kier molecular flexibility index (Phi) is 1.88. The van der Waals surface area contributed by atoms with E-state index >= 15 is 0 Å². The van der Waals surface area contributed by atoms with E-state index in [-0.39, 0.29) is 4.87 Å². The topological polar surface area (TPSA) is 0 Å². The predicted molar refractivity (Wildman–Crippen MR) is 59.6 cm³/mol. The van der Waals surface area contributed by atoms with Crippen molar-refractivity contribution in [3.63, 3.8) is 0 Å². The van der Waals surface area contributed by atoms with Gasteiger partial charge in [0.05, 0.1) is 4.87 Å². The first-order valence-electron chi connectivity index (χ1n) is 5.55. The largest absolute Gasteiger partial charge is 0.114 e. The lowest BCUT2D eigenvalue weighted by Crippen LogP contribution is -2.34. The van der Waals surface area contributed by atoms with Crippen molar-refractivity contribution in [2.24, 2.45) is 5.92 Å². The molecule has 2 atom stereocenters. The van der Waals surface area contributed by atoms with Gasteiger partial charge in [0.1, 0.15) is 0 Å². The SMILES string of the molecule is Cl[C@]12CCC[C@H](Cc3ccccc31)C2. The molecule has 2 bridgehead atoms. The molecule has 0 radical (unpaired) electrons. The molecule has 0 N–H and O–H groups in total. The van der Waals surface area contributed by atoms with Gasteiger partial charge in [0, 0.05) is 0 Å². The van der Waals surface area contributed by atoms with E-state index < -0.39 is 0 Å². The first kappa shape index (κ1) is 8.79. The van der Waals surface area contributed by atoms with Crippen molar-refractivity contribution in [1.29, 1.82) is 0 Å². The summed E-state index contributed by atoms with van der Waals surface area (Å²) in [5.74, 6) is 0.844. The van der Waals surface area contributed by atoms with Crippen molar-refractivity contribution < 1.29 is 0 Å². The molecule has 1 heteroatoms. The Balaban J connectivity index is 2.13. The Labute approximate surface area is 90.3 Å². The summed E-state index contributed by atoms with van der Waals surface area (Å²) in [6.07, 6.45) is 6.31. The Morgan fingerprint density at radius 1 is 1.29 bits per heavy atom. The van der Waals surface area contributed by atoms with E-state index in [9.17, 15) is 0 Å². The van der Waals surface area contributed by atoms with E-state index in [0.717, 1.165) is 5.92 Å². The Bertz CT molecular complexity index is 358. The summed E-state index contributed by atoms with van der Waals surface area (Å²) < 4.78 is 0. The monoisotopic (exact) mass is 206 g/mol. The molecule has 2 aliphatic rings. The minimum absolute atomic E-state index is 0.0161. The molecule has 74 valence electrons. The average molecular weight is 207 g/mol. The van der Waals surface area contributed by atoms with Crippen molar-refractivity contribution in [1.82, 2.24) is 0 Å². The van der Waals surface area contributed by atoms with Crippen LogP contribution in [-0.4, -0.2) is 0 Å². The van der Waals surface area contributed by atoms with Gasteiger partial charge in [-0.3, -0.25) is 0 Å². The van der Waals surface area contributed by atoms with E-state index in [4.69, 9.17) is 11.6 Å². The first-order valence-corrected chi connectivity index (χ1v) is 5.93. The smallest absolute Gasteiger partial charge is 0.0700 e. The van der Waals surface area contributed by atoms with Crippen LogP contribution in [0.3, 0.4) is 0 Å². The maximum absolute atomic E-state index is 6.74. The van der Waals surface area contributed by atoms with Crippen LogP contribution in [0.2, 0.25) is 0 Å². The number of rotatable bonds is 0. The van der Waals surface area contributed by atoms with Crippen LogP contribution in [0.4, 0.5) is 0 Å². The van der Waals surface area contributed by atoms with Gasteiger partial charge in [-0.05, 0) is 42.7 Å². The maximum Gasteiger partial charge on any atom is 0.0700 e. The molecule has 1 saturated carbocycles. The van der Waals surface area contributed by atoms with Crippen LogP contribution < -0.4 is 0 Å². The maximum atomic E-state index is 6.74. The highest BCUT2D eigenvalue weighted by Crippen LogP contribution is 2.50. The zero-order chi connectivity index (χ0) is 9.60.